The van der Waals surface area contributed by atoms with Crippen LogP contribution in [-0.2, 0) is 11.4 Å². The lowest BCUT2D eigenvalue weighted by molar-refractivity contribution is -0.109. The lowest BCUT2D eigenvalue weighted by Gasteiger charge is -2.08. The van der Waals surface area contributed by atoms with Crippen LogP contribution in [0, 0.1) is 0 Å². The van der Waals surface area contributed by atoms with E-state index in [-0.39, 0.29) is 10.9 Å². The summed E-state index contributed by atoms with van der Waals surface area (Å²) in [4.78, 5) is 10.8. The summed E-state index contributed by atoms with van der Waals surface area (Å²) in [6.07, 6.45) is 3.65. The van der Waals surface area contributed by atoms with Gasteiger partial charge in [-0.15, -0.1) is 0 Å². The van der Waals surface area contributed by atoms with E-state index in [9.17, 15) is 9.90 Å². The fourth-order valence-electron chi connectivity index (χ4n) is 1.84. The lowest BCUT2D eigenvalue weighted by atomic mass is 10.2. The number of thioether (sulfide) groups is 1. The third-order valence-corrected chi connectivity index (χ3v) is 3.70. The first kappa shape index (κ1) is 16.2. The Hall–Kier alpha value is -2.20. The molecule has 0 saturated carbocycles. The monoisotopic (exact) mass is 314 g/mol. The Morgan fingerprint density at radius 1 is 1.23 bits per heavy atom. The second kappa shape index (κ2) is 8.29. The molecule has 0 atom stereocenters. The van der Waals surface area contributed by atoms with Gasteiger partial charge in [0.25, 0.3) is 0 Å². The zero-order valence-electron chi connectivity index (χ0n) is 12.4. The molecule has 114 valence electrons. The number of ether oxygens (including phenoxy) is 1. The number of aromatic hydroxyl groups is 1. The predicted octanol–water partition coefficient (Wildman–Crippen LogP) is 4.26. The summed E-state index contributed by atoms with van der Waals surface area (Å²) in [5.74, 6) is 1.38. The van der Waals surface area contributed by atoms with E-state index in [1.165, 1.54) is 18.7 Å². The summed E-state index contributed by atoms with van der Waals surface area (Å²) in [6.45, 7) is 2.00. The van der Waals surface area contributed by atoms with Gasteiger partial charge >= 0.3 is 0 Å². The Morgan fingerprint density at radius 2 is 2.00 bits per heavy atom. The molecular weight excluding hydrogens is 296 g/mol. The van der Waals surface area contributed by atoms with Crippen LogP contribution in [0.5, 0.6) is 11.5 Å². The summed E-state index contributed by atoms with van der Waals surface area (Å²) < 4.78 is 5.65. The molecule has 3 nitrogen and oxygen atoms in total. The molecule has 0 aliphatic heterocycles. The van der Waals surface area contributed by atoms with Crippen LogP contribution in [0.25, 0.3) is 6.08 Å². The Morgan fingerprint density at radius 3 is 2.68 bits per heavy atom. The van der Waals surface area contributed by atoms with Gasteiger partial charge in [-0.25, -0.2) is 0 Å². The maximum atomic E-state index is 10.8. The van der Waals surface area contributed by atoms with Crippen LogP contribution >= 0.6 is 11.8 Å². The number of hydrogen-bond donors (Lipinski definition) is 1. The third kappa shape index (κ3) is 5.30. The quantitative estimate of drug-likeness (QED) is 0.865. The van der Waals surface area contributed by atoms with Crippen LogP contribution < -0.4 is 4.74 Å². The third-order valence-electron chi connectivity index (χ3n) is 2.93. The molecule has 2 rings (SSSR count). The number of carbonyl (C=O) groups is 1. The smallest absolute Gasteiger partial charge is 0.186 e. The molecule has 0 aliphatic rings. The van der Waals surface area contributed by atoms with Crippen molar-refractivity contribution in [3.8, 4) is 11.5 Å². The molecule has 0 aromatic heterocycles. The second-order valence-electron chi connectivity index (χ2n) is 4.70. The Balaban J connectivity index is 1.93. The normalized spacial score (nSPS) is 10.8. The highest BCUT2D eigenvalue weighted by atomic mass is 32.2. The number of benzene rings is 2. The minimum atomic E-state index is 0.0820. The number of rotatable bonds is 6. The topological polar surface area (TPSA) is 46.5 Å². The van der Waals surface area contributed by atoms with Crippen LogP contribution in [0.3, 0.4) is 0 Å². The molecule has 22 heavy (non-hydrogen) atoms. The highest BCUT2D eigenvalue weighted by Crippen LogP contribution is 2.25. The Labute approximate surface area is 134 Å². The minimum Gasteiger partial charge on any atom is -0.507 e. The fraction of sp³-hybridized carbons (Fsp3) is 0.167. The molecule has 2 aromatic carbocycles. The van der Waals surface area contributed by atoms with Crippen LogP contribution in [0.4, 0.5) is 0 Å². The molecule has 0 unspecified atom stereocenters. The van der Waals surface area contributed by atoms with Crippen LogP contribution in [0.1, 0.15) is 18.1 Å². The number of phenolic OH excluding ortho intramolecular Hbond substituents is 1. The molecule has 0 radical (unpaired) electrons. The van der Waals surface area contributed by atoms with Crippen molar-refractivity contribution in [1.82, 2.24) is 0 Å². The van der Waals surface area contributed by atoms with Crippen molar-refractivity contribution in [2.75, 3.05) is 5.75 Å². The molecule has 2 aromatic rings. The average molecular weight is 314 g/mol. The van der Waals surface area contributed by atoms with E-state index in [0.717, 1.165) is 5.56 Å². The van der Waals surface area contributed by atoms with Gasteiger partial charge in [-0.05, 0) is 17.7 Å². The van der Waals surface area contributed by atoms with Crippen molar-refractivity contribution in [1.29, 1.82) is 0 Å². The Bertz CT molecular complexity index is 651. The number of hydrogen-bond acceptors (Lipinski definition) is 4. The molecule has 0 fully saturated rings. The van der Waals surface area contributed by atoms with E-state index in [4.69, 9.17) is 4.74 Å². The molecule has 0 heterocycles. The standard InChI is InChI=1S/C18H18O3S/c1-14(19)22-11-5-8-16-9-10-17(12-18(16)20)21-13-15-6-3-2-4-7-15/h2-10,12,20H,11,13H2,1H3. The van der Waals surface area contributed by atoms with Crippen LogP contribution in [-0.4, -0.2) is 16.0 Å². The van der Waals surface area contributed by atoms with E-state index in [0.29, 0.717) is 23.7 Å². The van der Waals surface area contributed by atoms with Crippen molar-refractivity contribution >= 4 is 23.0 Å². The van der Waals surface area contributed by atoms with Gasteiger partial charge in [-0.2, -0.15) is 0 Å². The first-order valence-electron chi connectivity index (χ1n) is 6.95. The molecule has 1 N–H and O–H groups in total. The van der Waals surface area contributed by atoms with Crippen molar-refractivity contribution < 1.29 is 14.6 Å². The van der Waals surface area contributed by atoms with Gasteiger partial charge in [0.05, 0.1) is 0 Å². The maximum Gasteiger partial charge on any atom is 0.186 e. The van der Waals surface area contributed by atoms with Gasteiger partial charge in [0, 0.05) is 24.3 Å². The van der Waals surface area contributed by atoms with Gasteiger partial charge < -0.3 is 9.84 Å². The molecule has 0 aliphatic carbocycles. The highest BCUT2D eigenvalue weighted by molar-refractivity contribution is 8.13. The van der Waals surface area contributed by atoms with Crippen molar-refractivity contribution in [3.63, 3.8) is 0 Å². The van der Waals surface area contributed by atoms with Gasteiger partial charge in [-0.1, -0.05) is 54.2 Å². The van der Waals surface area contributed by atoms with Gasteiger partial charge in [0.2, 0.25) is 0 Å². The summed E-state index contributed by atoms with van der Waals surface area (Å²) in [5, 5.41) is 10.1. The summed E-state index contributed by atoms with van der Waals surface area (Å²) in [5.41, 5.74) is 1.78. The SMILES string of the molecule is CC(=O)SCC=Cc1ccc(OCc2ccccc2)cc1O. The van der Waals surface area contributed by atoms with Crippen molar-refractivity contribution in [2.45, 2.75) is 13.5 Å². The molecular formula is C18H18O3S. The molecule has 0 saturated heterocycles. The minimum absolute atomic E-state index is 0.0820. The molecule has 4 heteroatoms. The van der Waals surface area contributed by atoms with E-state index in [1.54, 1.807) is 18.2 Å². The average Bonchev–Trinajstić information content (AvgIpc) is 2.52. The van der Waals surface area contributed by atoms with Crippen LogP contribution in [0.2, 0.25) is 0 Å². The summed E-state index contributed by atoms with van der Waals surface area (Å²) >= 11 is 1.23. The van der Waals surface area contributed by atoms with E-state index in [1.807, 2.05) is 42.5 Å². The second-order valence-corrected chi connectivity index (χ2v) is 5.90. The zero-order valence-corrected chi connectivity index (χ0v) is 13.2. The lowest BCUT2D eigenvalue weighted by Crippen LogP contribution is -1.94. The first-order valence-corrected chi connectivity index (χ1v) is 7.93. The van der Waals surface area contributed by atoms with E-state index in [2.05, 4.69) is 0 Å². The molecule has 0 spiro atoms. The largest absolute Gasteiger partial charge is 0.507 e. The van der Waals surface area contributed by atoms with E-state index < -0.39 is 0 Å². The number of carbonyl (C=O) groups excluding carboxylic acids is 1. The van der Waals surface area contributed by atoms with Crippen molar-refractivity contribution in [2.24, 2.45) is 0 Å². The van der Waals surface area contributed by atoms with Gasteiger partial charge in [-0.3, -0.25) is 4.79 Å². The first-order chi connectivity index (χ1) is 10.6. The number of phenols is 1. The highest BCUT2D eigenvalue weighted by Gasteiger charge is 2.01. The van der Waals surface area contributed by atoms with Gasteiger partial charge in [0.1, 0.15) is 18.1 Å². The molecule has 0 amide bonds. The maximum absolute atomic E-state index is 10.8. The summed E-state index contributed by atoms with van der Waals surface area (Å²) in [6, 6.07) is 15.1. The Kier molecular flexibility index (Phi) is 6.10. The van der Waals surface area contributed by atoms with Crippen molar-refractivity contribution in [3.05, 3.63) is 65.7 Å². The zero-order chi connectivity index (χ0) is 15.8. The molecule has 0 bridgehead atoms. The van der Waals surface area contributed by atoms with Crippen LogP contribution in [0.15, 0.2) is 54.6 Å². The predicted molar refractivity (Wildman–Crippen MR) is 91.1 cm³/mol. The summed E-state index contributed by atoms with van der Waals surface area (Å²) in [7, 11) is 0. The van der Waals surface area contributed by atoms with Gasteiger partial charge in [0.15, 0.2) is 5.12 Å². The van der Waals surface area contributed by atoms with E-state index >= 15 is 0 Å². The fourth-order valence-corrected chi connectivity index (χ4v) is 2.26.